The lowest BCUT2D eigenvalue weighted by molar-refractivity contribution is 0.418. The number of nitrogens with zero attached hydrogens (tertiary/aromatic N) is 4. The van der Waals surface area contributed by atoms with E-state index in [4.69, 9.17) is 4.52 Å². The molecule has 0 aliphatic heterocycles. The van der Waals surface area contributed by atoms with Crippen LogP contribution in [0.1, 0.15) is 24.1 Å². The molecule has 2 aromatic heterocycles. The number of halogens is 1. The molecule has 0 aromatic carbocycles. The molecule has 0 amide bonds. The summed E-state index contributed by atoms with van der Waals surface area (Å²) in [6, 6.07) is 0.326. The van der Waals surface area contributed by atoms with Crippen molar-refractivity contribution in [3.8, 4) is 11.5 Å². The zero-order valence-electron chi connectivity index (χ0n) is 11.9. The van der Waals surface area contributed by atoms with Gasteiger partial charge in [-0.25, -0.2) is 0 Å². The average Bonchev–Trinajstić information content (AvgIpc) is 2.85. The zero-order chi connectivity index (χ0) is 13.3. The maximum absolute atomic E-state index is 5.33. The molecular weight excluding hydrogens is 266 g/mol. The Morgan fingerprint density at radius 3 is 2.58 bits per heavy atom. The second kappa shape index (κ2) is 6.16. The van der Waals surface area contributed by atoms with Gasteiger partial charge in [-0.2, -0.15) is 10.1 Å². The van der Waals surface area contributed by atoms with E-state index in [9.17, 15) is 0 Å². The van der Waals surface area contributed by atoms with E-state index in [0.29, 0.717) is 11.9 Å². The highest BCUT2D eigenvalue weighted by atomic mass is 35.5. The molecule has 0 spiro atoms. The summed E-state index contributed by atoms with van der Waals surface area (Å²) >= 11 is 0. The minimum Gasteiger partial charge on any atom is -0.334 e. The molecule has 7 heteroatoms. The third-order valence-electron chi connectivity index (χ3n) is 3.17. The number of nitrogens with one attached hydrogen (secondary N) is 1. The molecule has 1 atom stereocenters. The van der Waals surface area contributed by atoms with Gasteiger partial charge in [-0.1, -0.05) is 5.16 Å². The van der Waals surface area contributed by atoms with Crippen molar-refractivity contribution in [2.45, 2.75) is 33.2 Å². The Morgan fingerprint density at radius 1 is 1.37 bits per heavy atom. The molecule has 0 radical (unpaired) electrons. The first-order valence-corrected chi connectivity index (χ1v) is 6.03. The van der Waals surface area contributed by atoms with E-state index in [-0.39, 0.29) is 12.4 Å². The molecule has 6 nitrogen and oxygen atoms in total. The smallest absolute Gasteiger partial charge is 0.261 e. The van der Waals surface area contributed by atoms with E-state index in [2.05, 4.69) is 27.5 Å². The molecule has 0 fully saturated rings. The van der Waals surface area contributed by atoms with Gasteiger partial charge in [0.1, 0.15) is 0 Å². The Balaban J connectivity index is 0.00000180. The van der Waals surface area contributed by atoms with Crippen molar-refractivity contribution in [3.05, 3.63) is 17.2 Å². The van der Waals surface area contributed by atoms with Gasteiger partial charge in [0.25, 0.3) is 5.89 Å². The molecule has 2 heterocycles. The Morgan fingerprint density at radius 2 is 2.05 bits per heavy atom. The maximum Gasteiger partial charge on any atom is 0.261 e. The van der Waals surface area contributed by atoms with E-state index in [1.54, 1.807) is 0 Å². The van der Waals surface area contributed by atoms with Crippen molar-refractivity contribution < 1.29 is 4.52 Å². The minimum absolute atomic E-state index is 0. The molecule has 0 aliphatic carbocycles. The van der Waals surface area contributed by atoms with Gasteiger partial charge >= 0.3 is 0 Å². The fourth-order valence-electron chi connectivity index (χ4n) is 1.90. The molecular formula is C12H20ClN5O. The number of aromatic nitrogens is 4. The summed E-state index contributed by atoms with van der Waals surface area (Å²) < 4.78 is 7.15. The zero-order valence-corrected chi connectivity index (χ0v) is 12.7. The first-order valence-electron chi connectivity index (χ1n) is 6.03. The van der Waals surface area contributed by atoms with E-state index < -0.39 is 0 Å². The Hall–Kier alpha value is -1.40. The SMILES string of the molecule is CNC(C)Cc1noc(-c2c(C)nn(C)c2C)n1.Cl. The van der Waals surface area contributed by atoms with Crippen LogP contribution in [0.4, 0.5) is 0 Å². The fourth-order valence-corrected chi connectivity index (χ4v) is 1.90. The lowest BCUT2D eigenvalue weighted by atomic mass is 10.2. The highest BCUT2D eigenvalue weighted by molar-refractivity contribution is 5.85. The van der Waals surface area contributed by atoms with E-state index in [1.807, 2.05) is 32.6 Å². The van der Waals surface area contributed by atoms with Crippen molar-refractivity contribution in [1.29, 1.82) is 0 Å². The summed E-state index contributed by atoms with van der Waals surface area (Å²) in [4.78, 5) is 4.43. The molecule has 1 unspecified atom stereocenters. The van der Waals surface area contributed by atoms with Crippen molar-refractivity contribution in [2.24, 2.45) is 7.05 Å². The topological polar surface area (TPSA) is 68.8 Å². The van der Waals surface area contributed by atoms with Crippen LogP contribution in [0.2, 0.25) is 0 Å². The van der Waals surface area contributed by atoms with Crippen molar-refractivity contribution in [1.82, 2.24) is 25.2 Å². The maximum atomic E-state index is 5.33. The predicted octanol–water partition coefficient (Wildman–Crippen LogP) is 1.66. The third kappa shape index (κ3) is 3.13. The molecule has 1 N–H and O–H groups in total. The standard InChI is InChI=1S/C12H19N5O.ClH/c1-7(13-4)6-10-14-12(18-16-10)11-8(2)15-17(5)9(11)3;/h7,13H,6H2,1-5H3;1H. The van der Waals surface area contributed by atoms with Crippen LogP contribution in [0.5, 0.6) is 0 Å². The summed E-state index contributed by atoms with van der Waals surface area (Å²) in [5.74, 6) is 1.27. The van der Waals surface area contributed by atoms with Crippen LogP contribution in [-0.4, -0.2) is 33.0 Å². The first kappa shape index (κ1) is 15.7. The molecule has 0 saturated carbocycles. The molecule has 106 valence electrons. The number of rotatable bonds is 4. The molecule has 0 saturated heterocycles. The Kier molecular flexibility index (Phi) is 5.08. The van der Waals surface area contributed by atoms with Crippen LogP contribution < -0.4 is 5.32 Å². The summed E-state index contributed by atoms with van der Waals surface area (Å²) in [6.07, 6.45) is 0.748. The van der Waals surface area contributed by atoms with Gasteiger partial charge in [-0.3, -0.25) is 4.68 Å². The highest BCUT2D eigenvalue weighted by Gasteiger charge is 2.18. The molecule has 19 heavy (non-hydrogen) atoms. The number of likely N-dealkylation sites (N-methyl/N-ethyl adjacent to an activating group) is 1. The van der Waals surface area contributed by atoms with Gasteiger partial charge in [0.15, 0.2) is 5.82 Å². The van der Waals surface area contributed by atoms with Gasteiger partial charge in [0, 0.05) is 25.2 Å². The minimum atomic E-state index is 0. The van der Waals surface area contributed by atoms with E-state index >= 15 is 0 Å². The second-order valence-electron chi connectivity index (χ2n) is 4.58. The summed E-state index contributed by atoms with van der Waals surface area (Å²) in [7, 11) is 3.83. The lowest BCUT2D eigenvalue weighted by Gasteiger charge is -2.04. The Bertz CT molecular complexity index is 548. The fraction of sp³-hybridized carbons (Fsp3) is 0.583. The van der Waals surface area contributed by atoms with Crippen LogP contribution in [0.25, 0.3) is 11.5 Å². The van der Waals surface area contributed by atoms with Crippen LogP contribution in [-0.2, 0) is 13.5 Å². The van der Waals surface area contributed by atoms with Crippen molar-refractivity contribution in [2.75, 3.05) is 7.05 Å². The van der Waals surface area contributed by atoms with Crippen LogP contribution in [0.3, 0.4) is 0 Å². The van der Waals surface area contributed by atoms with Crippen LogP contribution >= 0.6 is 12.4 Å². The van der Waals surface area contributed by atoms with E-state index in [1.165, 1.54) is 0 Å². The van der Waals surface area contributed by atoms with Crippen molar-refractivity contribution >= 4 is 12.4 Å². The molecule has 2 aromatic rings. The first-order chi connectivity index (χ1) is 8.52. The van der Waals surface area contributed by atoms with Crippen LogP contribution in [0.15, 0.2) is 4.52 Å². The number of hydrogen-bond acceptors (Lipinski definition) is 5. The van der Waals surface area contributed by atoms with Gasteiger partial charge in [0.2, 0.25) is 0 Å². The van der Waals surface area contributed by atoms with Crippen LogP contribution in [0, 0.1) is 13.8 Å². The molecule has 0 bridgehead atoms. The van der Waals surface area contributed by atoms with Gasteiger partial charge in [-0.15, -0.1) is 12.4 Å². The highest BCUT2D eigenvalue weighted by Crippen LogP contribution is 2.24. The number of aryl methyl sites for hydroxylation is 2. The average molecular weight is 286 g/mol. The summed E-state index contributed by atoms with van der Waals surface area (Å²) in [5.41, 5.74) is 2.88. The summed E-state index contributed by atoms with van der Waals surface area (Å²) in [6.45, 7) is 6.02. The largest absolute Gasteiger partial charge is 0.334 e. The molecule has 2 rings (SSSR count). The monoisotopic (exact) mass is 285 g/mol. The van der Waals surface area contributed by atoms with Gasteiger partial charge < -0.3 is 9.84 Å². The van der Waals surface area contributed by atoms with Gasteiger partial charge in [-0.05, 0) is 27.8 Å². The third-order valence-corrected chi connectivity index (χ3v) is 3.17. The predicted molar refractivity (Wildman–Crippen MR) is 75.4 cm³/mol. The van der Waals surface area contributed by atoms with E-state index in [0.717, 1.165) is 29.2 Å². The normalized spacial score (nSPS) is 12.3. The lowest BCUT2D eigenvalue weighted by Crippen LogP contribution is -2.24. The van der Waals surface area contributed by atoms with Gasteiger partial charge in [0.05, 0.1) is 11.3 Å². The quantitative estimate of drug-likeness (QED) is 0.925. The van der Waals surface area contributed by atoms with Crippen molar-refractivity contribution in [3.63, 3.8) is 0 Å². The number of hydrogen-bond donors (Lipinski definition) is 1. The summed E-state index contributed by atoms with van der Waals surface area (Å²) in [5, 5.41) is 11.5. The molecule has 0 aliphatic rings. The second-order valence-corrected chi connectivity index (χ2v) is 4.58. The Labute approximate surface area is 119 Å².